The van der Waals surface area contributed by atoms with Crippen molar-refractivity contribution >= 4 is 29.0 Å². The summed E-state index contributed by atoms with van der Waals surface area (Å²) in [5, 5.41) is 4.52. The number of hydrogen-bond donors (Lipinski definition) is 1. The molecule has 0 spiro atoms. The van der Waals surface area contributed by atoms with E-state index in [1.807, 2.05) is 30.3 Å². The Bertz CT molecular complexity index is 1120. The van der Waals surface area contributed by atoms with Gasteiger partial charge >= 0.3 is 0 Å². The van der Waals surface area contributed by atoms with Gasteiger partial charge in [0.1, 0.15) is 11.6 Å². The van der Waals surface area contributed by atoms with Gasteiger partial charge in [0.25, 0.3) is 0 Å². The molecule has 0 aliphatic carbocycles. The summed E-state index contributed by atoms with van der Waals surface area (Å²) in [5.41, 5.74) is 2.77. The minimum Gasteiger partial charge on any atom is -0.437 e. The lowest BCUT2D eigenvalue weighted by Gasteiger charge is -2.30. The Morgan fingerprint density at radius 1 is 0.971 bits per heavy atom. The smallest absolute Gasteiger partial charge is 0.220 e. The van der Waals surface area contributed by atoms with Crippen LogP contribution >= 0.6 is 23.2 Å². The number of pyridine rings is 2. The molecule has 8 heteroatoms. The van der Waals surface area contributed by atoms with E-state index in [0.29, 0.717) is 27.6 Å². The number of ether oxygens (including phenoxy) is 1. The van der Waals surface area contributed by atoms with E-state index in [-0.39, 0.29) is 0 Å². The number of rotatable bonds is 6. The van der Waals surface area contributed by atoms with Gasteiger partial charge in [0, 0.05) is 54.4 Å². The van der Waals surface area contributed by atoms with Crippen molar-refractivity contribution in [1.29, 1.82) is 0 Å². The summed E-state index contributed by atoms with van der Waals surface area (Å²) in [5.74, 6) is 2.69. The fourth-order valence-electron chi connectivity index (χ4n) is 4.59. The molecule has 2 aromatic heterocycles. The Labute approximate surface area is 217 Å². The van der Waals surface area contributed by atoms with Crippen LogP contribution in [0.2, 0.25) is 10.0 Å². The molecule has 183 valence electrons. The molecule has 3 aromatic rings. The van der Waals surface area contributed by atoms with Crippen LogP contribution in [0, 0.1) is 12.8 Å². The number of piperidine rings is 1. The molecule has 0 amide bonds. The first kappa shape index (κ1) is 24.3. The van der Waals surface area contributed by atoms with Gasteiger partial charge in [-0.15, -0.1) is 0 Å². The first-order valence-electron chi connectivity index (χ1n) is 12.1. The van der Waals surface area contributed by atoms with Crippen LogP contribution in [0.4, 0.5) is 5.82 Å². The normalized spacial score (nSPS) is 17.5. The highest BCUT2D eigenvalue weighted by molar-refractivity contribution is 6.35. The van der Waals surface area contributed by atoms with Crippen LogP contribution in [0.25, 0.3) is 11.3 Å². The molecule has 2 saturated heterocycles. The number of aromatic nitrogens is 2. The minimum atomic E-state index is 0.525. The monoisotopic (exact) mass is 510 g/mol. The Hall–Kier alpha value is -2.38. The van der Waals surface area contributed by atoms with E-state index in [1.54, 1.807) is 12.3 Å². The average Bonchev–Trinajstić information content (AvgIpc) is 2.86. The van der Waals surface area contributed by atoms with Gasteiger partial charge in [-0.05, 0) is 73.8 Å². The summed E-state index contributed by atoms with van der Waals surface area (Å²) in [6, 6.07) is 13.5. The second-order valence-electron chi connectivity index (χ2n) is 9.27. The highest BCUT2D eigenvalue weighted by Crippen LogP contribution is 2.31. The highest BCUT2D eigenvalue weighted by atomic mass is 35.5. The number of hydrogen-bond acceptors (Lipinski definition) is 6. The zero-order chi connectivity index (χ0) is 24.2. The minimum absolute atomic E-state index is 0.525. The van der Waals surface area contributed by atoms with E-state index in [9.17, 15) is 0 Å². The van der Waals surface area contributed by atoms with Crippen molar-refractivity contribution in [2.24, 2.45) is 5.92 Å². The van der Waals surface area contributed by atoms with Crippen LogP contribution in [-0.4, -0.2) is 54.1 Å². The molecule has 1 aromatic carbocycles. The van der Waals surface area contributed by atoms with Gasteiger partial charge in [-0.1, -0.05) is 30.1 Å². The Balaban J connectivity index is 1.40. The van der Waals surface area contributed by atoms with Gasteiger partial charge in [0.2, 0.25) is 5.88 Å². The maximum atomic E-state index is 6.28. The van der Waals surface area contributed by atoms with Crippen LogP contribution in [-0.2, 0) is 6.54 Å². The Morgan fingerprint density at radius 3 is 2.40 bits per heavy atom. The third-order valence-electron chi connectivity index (χ3n) is 6.52. The summed E-state index contributed by atoms with van der Waals surface area (Å²) in [6.45, 7) is 11.0. The standard InChI is InChI=1S/C27H30Cl2N5O/c1-19-4-8-33(9-5-19)18-20-12-25(21-14-22(28)16-23(29)15-21)32-27(13-20)35-24-2-3-26(31-17-24)34-10-6-30-7-11-34/h2-3,12-17,19,30H,1,4-11,18H2. The van der Waals surface area contributed by atoms with E-state index in [0.717, 1.165) is 81.3 Å². The van der Waals surface area contributed by atoms with E-state index in [4.69, 9.17) is 32.9 Å². The molecule has 0 unspecified atom stereocenters. The number of halogens is 2. The lowest BCUT2D eigenvalue weighted by Crippen LogP contribution is -2.43. The van der Waals surface area contributed by atoms with Gasteiger partial charge in [-0.25, -0.2) is 9.97 Å². The third-order valence-corrected chi connectivity index (χ3v) is 6.95. The van der Waals surface area contributed by atoms with Gasteiger partial charge < -0.3 is 15.0 Å². The summed E-state index contributed by atoms with van der Waals surface area (Å²) in [7, 11) is 0. The molecule has 0 saturated carbocycles. The maximum absolute atomic E-state index is 6.28. The lowest BCUT2D eigenvalue weighted by atomic mass is 9.99. The topological polar surface area (TPSA) is 53.5 Å². The van der Waals surface area contributed by atoms with Gasteiger partial charge in [-0.3, -0.25) is 4.90 Å². The molecule has 6 nitrogen and oxygen atoms in total. The molecular weight excluding hydrogens is 481 g/mol. The highest BCUT2D eigenvalue weighted by Gasteiger charge is 2.18. The summed E-state index contributed by atoms with van der Waals surface area (Å²) < 4.78 is 6.19. The van der Waals surface area contributed by atoms with Crippen molar-refractivity contribution in [2.75, 3.05) is 44.2 Å². The van der Waals surface area contributed by atoms with Crippen molar-refractivity contribution in [1.82, 2.24) is 20.2 Å². The van der Waals surface area contributed by atoms with Crippen LogP contribution < -0.4 is 15.0 Å². The molecule has 35 heavy (non-hydrogen) atoms. The molecule has 1 N–H and O–H groups in total. The third kappa shape index (κ3) is 6.44. The van der Waals surface area contributed by atoms with Crippen molar-refractivity contribution < 1.29 is 4.74 Å². The zero-order valence-corrected chi connectivity index (χ0v) is 21.2. The average molecular weight is 511 g/mol. The van der Waals surface area contributed by atoms with E-state index in [1.165, 1.54) is 0 Å². The quantitative estimate of drug-likeness (QED) is 0.459. The molecule has 5 rings (SSSR count). The SMILES string of the molecule is [CH2]C1CCN(Cc2cc(Oc3ccc(N4CCNCC4)nc3)nc(-c3cc(Cl)cc(Cl)c3)c2)CC1. The number of nitrogens with one attached hydrogen (secondary N) is 1. The summed E-state index contributed by atoms with van der Waals surface area (Å²) in [6.07, 6.45) is 4.01. The Kier molecular flexibility index (Phi) is 7.73. The predicted molar refractivity (Wildman–Crippen MR) is 142 cm³/mol. The molecule has 1 radical (unpaired) electrons. The fourth-order valence-corrected chi connectivity index (χ4v) is 5.12. The van der Waals surface area contributed by atoms with Crippen molar-refractivity contribution in [3.8, 4) is 22.9 Å². The maximum Gasteiger partial charge on any atom is 0.220 e. The molecule has 0 atom stereocenters. The predicted octanol–water partition coefficient (Wildman–Crippen LogP) is 5.70. The van der Waals surface area contributed by atoms with Crippen molar-refractivity contribution in [3.63, 3.8) is 0 Å². The van der Waals surface area contributed by atoms with Crippen LogP contribution in [0.15, 0.2) is 48.7 Å². The number of benzene rings is 1. The van der Waals surface area contributed by atoms with Gasteiger partial charge in [-0.2, -0.15) is 0 Å². The zero-order valence-electron chi connectivity index (χ0n) is 19.7. The fraction of sp³-hybridized carbons (Fsp3) is 0.370. The van der Waals surface area contributed by atoms with Crippen molar-refractivity contribution in [3.05, 3.63) is 71.2 Å². The molecule has 0 bridgehead atoms. The molecule has 2 fully saturated rings. The van der Waals surface area contributed by atoms with E-state index < -0.39 is 0 Å². The second kappa shape index (κ2) is 11.1. The molecule has 2 aliphatic heterocycles. The lowest BCUT2D eigenvalue weighted by molar-refractivity contribution is 0.194. The largest absolute Gasteiger partial charge is 0.437 e. The summed E-state index contributed by atoms with van der Waals surface area (Å²) in [4.78, 5) is 14.1. The molecule has 4 heterocycles. The second-order valence-corrected chi connectivity index (χ2v) is 10.1. The van der Waals surface area contributed by atoms with Crippen molar-refractivity contribution in [2.45, 2.75) is 19.4 Å². The van der Waals surface area contributed by atoms with Crippen LogP contribution in [0.5, 0.6) is 11.6 Å². The number of likely N-dealkylation sites (tertiary alicyclic amines) is 1. The molecule has 2 aliphatic rings. The Morgan fingerprint density at radius 2 is 1.71 bits per heavy atom. The first-order chi connectivity index (χ1) is 17.0. The summed E-state index contributed by atoms with van der Waals surface area (Å²) >= 11 is 12.6. The van der Waals surface area contributed by atoms with Gasteiger partial charge in [0.15, 0.2) is 0 Å². The van der Waals surface area contributed by atoms with E-state index in [2.05, 4.69) is 33.1 Å². The molecular formula is C27H30Cl2N5O. The van der Waals surface area contributed by atoms with Gasteiger partial charge in [0.05, 0.1) is 11.9 Å². The number of nitrogens with zero attached hydrogens (tertiary/aromatic N) is 4. The first-order valence-corrected chi connectivity index (χ1v) is 12.9. The number of piperazine rings is 1. The van der Waals surface area contributed by atoms with E-state index >= 15 is 0 Å². The number of anilines is 1. The van der Waals surface area contributed by atoms with Crippen LogP contribution in [0.3, 0.4) is 0 Å². The van der Waals surface area contributed by atoms with Crippen LogP contribution in [0.1, 0.15) is 18.4 Å².